The van der Waals surface area contributed by atoms with Crippen molar-refractivity contribution in [3.05, 3.63) is 23.3 Å². The molecule has 1 saturated heterocycles. The summed E-state index contributed by atoms with van der Waals surface area (Å²) in [6.45, 7) is 4.24. The van der Waals surface area contributed by atoms with Crippen LogP contribution < -0.4 is 9.47 Å². The fourth-order valence-electron chi connectivity index (χ4n) is 2.89. The van der Waals surface area contributed by atoms with Crippen LogP contribution in [0.25, 0.3) is 0 Å². The monoisotopic (exact) mass is 265 g/mol. The van der Waals surface area contributed by atoms with Crippen molar-refractivity contribution in [3.63, 3.8) is 0 Å². The van der Waals surface area contributed by atoms with Crippen LogP contribution in [0.2, 0.25) is 0 Å². The minimum absolute atomic E-state index is 0.0170. The molecule has 2 rings (SSSR count). The van der Waals surface area contributed by atoms with Crippen LogP contribution in [-0.4, -0.2) is 43.9 Å². The van der Waals surface area contributed by atoms with Crippen molar-refractivity contribution in [2.24, 2.45) is 0 Å². The molecule has 1 fully saturated rings. The first kappa shape index (κ1) is 14.2. The van der Waals surface area contributed by atoms with E-state index in [0.29, 0.717) is 0 Å². The van der Waals surface area contributed by atoms with E-state index in [0.717, 1.165) is 35.7 Å². The average Bonchev–Trinajstić information content (AvgIpc) is 2.94. The molecule has 1 atom stereocenters. The Kier molecular flexibility index (Phi) is 4.66. The Labute approximate surface area is 114 Å². The van der Waals surface area contributed by atoms with E-state index < -0.39 is 0 Å². The molecule has 0 bridgehead atoms. The van der Waals surface area contributed by atoms with Gasteiger partial charge in [-0.25, -0.2) is 0 Å². The Morgan fingerprint density at radius 3 is 2.42 bits per heavy atom. The maximum Gasteiger partial charge on any atom is 0.127 e. The summed E-state index contributed by atoms with van der Waals surface area (Å²) in [5, 5.41) is 9.78. The highest BCUT2D eigenvalue weighted by Gasteiger charge is 2.27. The third-order valence-corrected chi connectivity index (χ3v) is 3.87. The molecule has 19 heavy (non-hydrogen) atoms. The molecule has 0 spiro atoms. The smallest absolute Gasteiger partial charge is 0.127 e. The molecule has 1 aliphatic rings. The topological polar surface area (TPSA) is 41.9 Å². The summed E-state index contributed by atoms with van der Waals surface area (Å²) < 4.78 is 10.8. The number of methoxy groups -OCH3 is 2. The van der Waals surface area contributed by atoms with Crippen molar-refractivity contribution < 1.29 is 14.6 Å². The third kappa shape index (κ3) is 2.85. The van der Waals surface area contributed by atoms with Crippen LogP contribution in [0.5, 0.6) is 11.5 Å². The van der Waals surface area contributed by atoms with Gasteiger partial charge in [0.2, 0.25) is 0 Å². The molecular formula is C15H23NO3. The third-order valence-electron chi connectivity index (χ3n) is 3.87. The number of benzene rings is 1. The van der Waals surface area contributed by atoms with Crippen molar-refractivity contribution in [2.45, 2.75) is 25.8 Å². The standard InChI is InChI=1S/C15H23NO3/c1-11-8-12(18-2)9-14(19-3)15(11)13(10-17)16-6-4-5-7-16/h8-9,13,17H,4-7,10H2,1-3H3. The lowest BCUT2D eigenvalue weighted by atomic mass is 9.99. The van der Waals surface area contributed by atoms with Crippen molar-refractivity contribution >= 4 is 0 Å². The maximum absolute atomic E-state index is 9.78. The fourth-order valence-corrected chi connectivity index (χ4v) is 2.89. The number of rotatable bonds is 5. The Bertz CT molecular complexity index is 428. The number of nitrogens with zero attached hydrogens (tertiary/aromatic N) is 1. The SMILES string of the molecule is COc1cc(C)c(C(CO)N2CCCC2)c(OC)c1. The van der Waals surface area contributed by atoms with Gasteiger partial charge >= 0.3 is 0 Å². The highest BCUT2D eigenvalue weighted by molar-refractivity contribution is 5.48. The van der Waals surface area contributed by atoms with Crippen molar-refractivity contribution in [2.75, 3.05) is 33.9 Å². The molecule has 1 aromatic rings. The first-order valence-corrected chi connectivity index (χ1v) is 6.78. The number of ether oxygens (including phenoxy) is 2. The van der Waals surface area contributed by atoms with Crippen molar-refractivity contribution in [1.29, 1.82) is 0 Å². The number of hydrogen-bond acceptors (Lipinski definition) is 4. The van der Waals surface area contributed by atoms with Crippen LogP contribution in [0.1, 0.15) is 30.0 Å². The lowest BCUT2D eigenvalue weighted by molar-refractivity contribution is 0.144. The van der Waals surface area contributed by atoms with Crippen molar-refractivity contribution in [3.8, 4) is 11.5 Å². The van der Waals surface area contributed by atoms with Crippen LogP contribution in [0.3, 0.4) is 0 Å². The molecule has 1 aromatic carbocycles. The normalized spacial score (nSPS) is 17.5. The lowest BCUT2D eigenvalue weighted by Crippen LogP contribution is -2.29. The summed E-state index contributed by atoms with van der Waals surface area (Å²) in [4.78, 5) is 2.33. The van der Waals surface area contributed by atoms with E-state index in [1.807, 2.05) is 19.1 Å². The Hall–Kier alpha value is -1.26. The number of aryl methyl sites for hydroxylation is 1. The highest BCUT2D eigenvalue weighted by atomic mass is 16.5. The number of aliphatic hydroxyl groups is 1. The molecular weight excluding hydrogens is 242 g/mol. The number of aliphatic hydroxyl groups excluding tert-OH is 1. The quantitative estimate of drug-likeness (QED) is 0.885. The molecule has 1 aliphatic heterocycles. The van der Waals surface area contributed by atoms with E-state index in [1.54, 1.807) is 14.2 Å². The zero-order chi connectivity index (χ0) is 13.8. The molecule has 1 unspecified atom stereocenters. The average molecular weight is 265 g/mol. The summed E-state index contributed by atoms with van der Waals surface area (Å²) in [5.74, 6) is 1.58. The van der Waals surface area contributed by atoms with Crippen LogP contribution in [0.15, 0.2) is 12.1 Å². The molecule has 1 N–H and O–H groups in total. The summed E-state index contributed by atoms with van der Waals surface area (Å²) in [6.07, 6.45) is 2.40. The second-order valence-electron chi connectivity index (χ2n) is 5.00. The van der Waals surface area contributed by atoms with Gasteiger partial charge in [0.1, 0.15) is 11.5 Å². The number of likely N-dealkylation sites (tertiary alicyclic amines) is 1. The van der Waals surface area contributed by atoms with E-state index in [9.17, 15) is 5.11 Å². The van der Waals surface area contributed by atoms with Gasteiger partial charge in [0.25, 0.3) is 0 Å². The van der Waals surface area contributed by atoms with Gasteiger partial charge in [0.05, 0.1) is 26.9 Å². The van der Waals surface area contributed by atoms with Gasteiger partial charge in [0.15, 0.2) is 0 Å². The van der Waals surface area contributed by atoms with Crippen LogP contribution in [0.4, 0.5) is 0 Å². The molecule has 4 heteroatoms. The molecule has 0 saturated carbocycles. The molecule has 4 nitrogen and oxygen atoms in total. The predicted molar refractivity (Wildman–Crippen MR) is 74.9 cm³/mol. The van der Waals surface area contributed by atoms with E-state index in [1.165, 1.54) is 12.8 Å². The number of hydrogen-bond donors (Lipinski definition) is 1. The van der Waals surface area contributed by atoms with Gasteiger partial charge in [-0.3, -0.25) is 4.90 Å². The van der Waals surface area contributed by atoms with E-state index in [4.69, 9.17) is 9.47 Å². The lowest BCUT2D eigenvalue weighted by Gasteiger charge is -2.29. The molecule has 0 aliphatic carbocycles. The Morgan fingerprint density at radius 2 is 1.89 bits per heavy atom. The van der Waals surface area contributed by atoms with E-state index in [2.05, 4.69) is 4.90 Å². The summed E-state index contributed by atoms with van der Waals surface area (Å²) in [7, 11) is 3.31. The molecule has 0 amide bonds. The van der Waals surface area contributed by atoms with E-state index >= 15 is 0 Å². The second-order valence-corrected chi connectivity index (χ2v) is 5.00. The Morgan fingerprint density at radius 1 is 1.21 bits per heavy atom. The van der Waals surface area contributed by atoms with Gasteiger partial charge in [-0.05, 0) is 44.5 Å². The minimum Gasteiger partial charge on any atom is -0.497 e. The van der Waals surface area contributed by atoms with E-state index in [-0.39, 0.29) is 12.6 Å². The molecule has 106 valence electrons. The van der Waals surface area contributed by atoms with Gasteiger partial charge in [-0.1, -0.05) is 0 Å². The Balaban J connectivity index is 2.40. The maximum atomic E-state index is 9.78. The molecule has 0 aromatic heterocycles. The van der Waals surface area contributed by atoms with Crippen LogP contribution in [-0.2, 0) is 0 Å². The van der Waals surface area contributed by atoms with Gasteiger partial charge in [-0.2, -0.15) is 0 Å². The molecule has 0 radical (unpaired) electrons. The van der Waals surface area contributed by atoms with Crippen LogP contribution in [0, 0.1) is 6.92 Å². The van der Waals surface area contributed by atoms with Gasteiger partial charge in [0, 0.05) is 11.6 Å². The largest absolute Gasteiger partial charge is 0.497 e. The molecule has 1 heterocycles. The highest BCUT2D eigenvalue weighted by Crippen LogP contribution is 2.36. The van der Waals surface area contributed by atoms with Gasteiger partial charge in [-0.15, -0.1) is 0 Å². The first-order chi connectivity index (χ1) is 9.21. The van der Waals surface area contributed by atoms with Gasteiger partial charge < -0.3 is 14.6 Å². The summed E-state index contributed by atoms with van der Waals surface area (Å²) in [5.41, 5.74) is 2.18. The summed E-state index contributed by atoms with van der Waals surface area (Å²) >= 11 is 0. The zero-order valence-corrected chi connectivity index (χ0v) is 12.0. The predicted octanol–water partition coefficient (Wildman–Crippen LogP) is 2.14. The summed E-state index contributed by atoms with van der Waals surface area (Å²) in [6, 6.07) is 3.90. The zero-order valence-electron chi connectivity index (χ0n) is 12.0. The first-order valence-electron chi connectivity index (χ1n) is 6.78. The van der Waals surface area contributed by atoms with Crippen LogP contribution >= 0.6 is 0 Å². The van der Waals surface area contributed by atoms with Crippen molar-refractivity contribution in [1.82, 2.24) is 4.90 Å². The minimum atomic E-state index is 0.0170. The fraction of sp³-hybridized carbons (Fsp3) is 0.600. The second kappa shape index (κ2) is 6.26.